The van der Waals surface area contributed by atoms with E-state index in [-0.39, 0.29) is 17.9 Å². The number of hydrogen-bond acceptors (Lipinski definition) is 3. The SMILES string of the molecule is Cc1cccc(C(=O)N[C@H]2C(=O)NN[C@@H]2c2ccccc2)c1. The molecule has 22 heavy (non-hydrogen) atoms. The molecule has 112 valence electrons. The fraction of sp³-hybridized carbons (Fsp3) is 0.176. The summed E-state index contributed by atoms with van der Waals surface area (Å²) >= 11 is 0. The zero-order valence-electron chi connectivity index (χ0n) is 12.2. The number of rotatable bonds is 3. The number of amides is 2. The molecule has 2 atom stereocenters. The average Bonchev–Trinajstić information content (AvgIpc) is 2.89. The third kappa shape index (κ3) is 2.84. The molecular weight excluding hydrogens is 278 g/mol. The first kappa shape index (κ1) is 14.3. The van der Waals surface area contributed by atoms with E-state index < -0.39 is 6.04 Å². The Balaban J connectivity index is 1.80. The second-order valence-electron chi connectivity index (χ2n) is 5.34. The minimum absolute atomic E-state index is 0.241. The number of hydrazine groups is 1. The number of benzene rings is 2. The summed E-state index contributed by atoms with van der Waals surface area (Å²) in [5.74, 6) is -0.497. The summed E-state index contributed by atoms with van der Waals surface area (Å²) in [6.07, 6.45) is 0. The van der Waals surface area contributed by atoms with E-state index in [0.29, 0.717) is 5.56 Å². The second kappa shape index (κ2) is 5.99. The first-order valence-corrected chi connectivity index (χ1v) is 7.13. The van der Waals surface area contributed by atoms with Crippen LogP contribution in [-0.4, -0.2) is 17.9 Å². The van der Waals surface area contributed by atoms with Crippen molar-refractivity contribution < 1.29 is 9.59 Å². The number of nitrogens with one attached hydrogen (secondary N) is 3. The summed E-state index contributed by atoms with van der Waals surface area (Å²) in [5, 5.41) is 2.81. The average molecular weight is 295 g/mol. The zero-order chi connectivity index (χ0) is 15.5. The van der Waals surface area contributed by atoms with E-state index in [0.717, 1.165) is 11.1 Å². The molecule has 1 saturated heterocycles. The van der Waals surface area contributed by atoms with Gasteiger partial charge in [0.1, 0.15) is 6.04 Å². The Labute approximate surface area is 128 Å². The highest BCUT2D eigenvalue weighted by Gasteiger charge is 2.36. The van der Waals surface area contributed by atoms with Crippen molar-refractivity contribution in [3.8, 4) is 0 Å². The van der Waals surface area contributed by atoms with E-state index in [1.807, 2.05) is 49.4 Å². The van der Waals surface area contributed by atoms with Gasteiger partial charge in [0.2, 0.25) is 0 Å². The number of carbonyl (C=O) groups excluding carboxylic acids is 2. The Morgan fingerprint density at radius 3 is 2.59 bits per heavy atom. The minimum Gasteiger partial charge on any atom is -0.338 e. The van der Waals surface area contributed by atoms with Crippen molar-refractivity contribution in [2.45, 2.75) is 19.0 Å². The maximum atomic E-state index is 12.4. The fourth-order valence-corrected chi connectivity index (χ4v) is 2.56. The molecule has 0 saturated carbocycles. The van der Waals surface area contributed by atoms with Crippen LogP contribution in [0.5, 0.6) is 0 Å². The predicted molar refractivity (Wildman–Crippen MR) is 82.9 cm³/mol. The van der Waals surface area contributed by atoms with Crippen molar-refractivity contribution in [1.82, 2.24) is 16.2 Å². The molecule has 5 nitrogen and oxygen atoms in total. The van der Waals surface area contributed by atoms with Crippen LogP contribution in [0.25, 0.3) is 0 Å². The number of aryl methyl sites for hydroxylation is 1. The van der Waals surface area contributed by atoms with Crippen molar-refractivity contribution >= 4 is 11.8 Å². The van der Waals surface area contributed by atoms with Gasteiger partial charge in [0.15, 0.2) is 0 Å². The molecule has 2 aromatic rings. The lowest BCUT2D eigenvalue weighted by atomic mass is 10.0. The maximum absolute atomic E-state index is 12.4. The molecule has 1 aliphatic rings. The minimum atomic E-state index is -0.643. The van der Waals surface area contributed by atoms with Gasteiger partial charge in [-0.1, -0.05) is 48.0 Å². The lowest BCUT2D eigenvalue weighted by molar-refractivity contribution is -0.121. The molecule has 3 N–H and O–H groups in total. The van der Waals surface area contributed by atoms with Crippen LogP contribution < -0.4 is 16.2 Å². The summed E-state index contributed by atoms with van der Waals surface area (Å²) in [7, 11) is 0. The standard InChI is InChI=1S/C17H17N3O2/c1-11-6-5-9-13(10-11)16(21)18-15-14(19-20-17(15)22)12-7-3-2-4-8-12/h2-10,14-15,19H,1H3,(H,18,21)(H,20,22)/t14-,15-/m1/s1. The van der Waals surface area contributed by atoms with Crippen LogP contribution >= 0.6 is 0 Å². The Kier molecular flexibility index (Phi) is 3.89. The Hall–Kier alpha value is -2.66. The molecule has 5 heteroatoms. The van der Waals surface area contributed by atoms with Crippen LogP contribution in [0, 0.1) is 6.92 Å². The van der Waals surface area contributed by atoms with Crippen molar-refractivity contribution in [3.63, 3.8) is 0 Å². The smallest absolute Gasteiger partial charge is 0.258 e. The number of carbonyl (C=O) groups is 2. The van der Waals surface area contributed by atoms with Gasteiger partial charge in [-0.2, -0.15) is 0 Å². The zero-order valence-corrected chi connectivity index (χ0v) is 12.2. The first-order valence-electron chi connectivity index (χ1n) is 7.13. The molecule has 0 unspecified atom stereocenters. The molecule has 1 fully saturated rings. The van der Waals surface area contributed by atoms with E-state index in [2.05, 4.69) is 16.2 Å². The van der Waals surface area contributed by atoms with Gasteiger partial charge in [-0.3, -0.25) is 15.0 Å². The van der Waals surface area contributed by atoms with Crippen LogP contribution in [0.4, 0.5) is 0 Å². The molecule has 0 radical (unpaired) electrons. The summed E-state index contributed by atoms with van der Waals surface area (Å²) in [5.41, 5.74) is 8.00. The second-order valence-corrected chi connectivity index (χ2v) is 5.34. The van der Waals surface area contributed by atoms with Crippen LogP contribution in [0.1, 0.15) is 27.5 Å². The van der Waals surface area contributed by atoms with Crippen LogP contribution in [-0.2, 0) is 4.79 Å². The Morgan fingerprint density at radius 1 is 1.09 bits per heavy atom. The van der Waals surface area contributed by atoms with Gasteiger partial charge in [0.05, 0.1) is 6.04 Å². The van der Waals surface area contributed by atoms with Gasteiger partial charge in [-0.15, -0.1) is 0 Å². The van der Waals surface area contributed by atoms with Crippen molar-refractivity contribution in [2.75, 3.05) is 0 Å². The molecule has 2 aromatic carbocycles. The van der Waals surface area contributed by atoms with E-state index >= 15 is 0 Å². The largest absolute Gasteiger partial charge is 0.338 e. The third-order valence-corrected chi connectivity index (χ3v) is 3.69. The van der Waals surface area contributed by atoms with E-state index in [4.69, 9.17) is 0 Å². The lowest BCUT2D eigenvalue weighted by Gasteiger charge is -2.18. The molecule has 1 heterocycles. The quantitative estimate of drug-likeness (QED) is 0.803. The van der Waals surface area contributed by atoms with Crippen LogP contribution in [0.3, 0.4) is 0 Å². The monoisotopic (exact) mass is 295 g/mol. The summed E-state index contributed by atoms with van der Waals surface area (Å²) in [6, 6.07) is 15.9. The van der Waals surface area contributed by atoms with Gasteiger partial charge in [-0.05, 0) is 24.6 Å². The highest BCUT2D eigenvalue weighted by atomic mass is 16.2. The maximum Gasteiger partial charge on any atom is 0.258 e. The molecule has 3 rings (SSSR count). The molecule has 1 aliphatic heterocycles. The topological polar surface area (TPSA) is 70.2 Å². The fourth-order valence-electron chi connectivity index (χ4n) is 2.56. The highest BCUT2D eigenvalue weighted by molar-refractivity contribution is 5.98. The van der Waals surface area contributed by atoms with Crippen LogP contribution in [0.2, 0.25) is 0 Å². The first-order chi connectivity index (χ1) is 10.6. The molecule has 0 bridgehead atoms. The van der Waals surface area contributed by atoms with E-state index in [1.54, 1.807) is 12.1 Å². The highest BCUT2D eigenvalue weighted by Crippen LogP contribution is 2.20. The third-order valence-electron chi connectivity index (χ3n) is 3.69. The van der Waals surface area contributed by atoms with Crippen molar-refractivity contribution in [1.29, 1.82) is 0 Å². The van der Waals surface area contributed by atoms with Gasteiger partial charge < -0.3 is 5.32 Å². The summed E-state index contributed by atoms with van der Waals surface area (Å²) in [4.78, 5) is 24.4. The molecule has 0 aliphatic carbocycles. The Bertz CT molecular complexity index is 700. The van der Waals surface area contributed by atoms with Crippen molar-refractivity contribution in [3.05, 3.63) is 71.3 Å². The van der Waals surface area contributed by atoms with Gasteiger partial charge in [0.25, 0.3) is 11.8 Å². The summed E-state index contributed by atoms with van der Waals surface area (Å²) in [6.45, 7) is 1.92. The predicted octanol–water partition coefficient (Wildman–Crippen LogP) is 1.47. The molecule has 0 aromatic heterocycles. The number of hydrogen-bond donors (Lipinski definition) is 3. The van der Waals surface area contributed by atoms with Gasteiger partial charge >= 0.3 is 0 Å². The molecule has 2 amide bonds. The Morgan fingerprint density at radius 2 is 1.86 bits per heavy atom. The van der Waals surface area contributed by atoms with E-state index in [9.17, 15) is 9.59 Å². The van der Waals surface area contributed by atoms with E-state index in [1.165, 1.54) is 0 Å². The molecule has 0 spiro atoms. The van der Waals surface area contributed by atoms with Crippen molar-refractivity contribution in [2.24, 2.45) is 0 Å². The van der Waals surface area contributed by atoms with Gasteiger partial charge in [0, 0.05) is 5.56 Å². The van der Waals surface area contributed by atoms with Crippen LogP contribution in [0.15, 0.2) is 54.6 Å². The lowest BCUT2D eigenvalue weighted by Crippen LogP contribution is -2.42. The summed E-state index contributed by atoms with van der Waals surface area (Å²) < 4.78 is 0. The molecular formula is C17H17N3O2. The van der Waals surface area contributed by atoms with Gasteiger partial charge in [-0.25, -0.2) is 5.43 Å². The normalized spacial score (nSPS) is 20.5.